The second-order valence-electron chi connectivity index (χ2n) is 2.18. The van der Waals surface area contributed by atoms with E-state index < -0.39 is 0 Å². The van der Waals surface area contributed by atoms with Crippen molar-refractivity contribution in [2.24, 2.45) is 9.98 Å². The van der Waals surface area contributed by atoms with E-state index in [9.17, 15) is 9.59 Å². The van der Waals surface area contributed by atoms with Crippen molar-refractivity contribution in [2.75, 3.05) is 0 Å². The smallest absolute Gasteiger partial charge is 0.211 e. The fourth-order valence-corrected chi connectivity index (χ4v) is 1.69. The van der Waals surface area contributed by atoms with Gasteiger partial charge in [-0.15, -0.1) is 11.3 Å². The zero-order chi connectivity index (χ0) is 9.52. The monoisotopic (exact) mass is 194 g/mol. The van der Waals surface area contributed by atoms with Crippen LogP contribution in [0.15, 0.2) is 21.4 Å². The summed E-state index contributed by atoms with van der Waals surface area (Å²) in [6, 6.07) is 1.85. The predicted molar refractivity (Wildman–Crippen MR) is 48.0 cm³/mol. The Hall–Kier alpha value is -1.54. The summed E-state index contributed by atoms with van der Waals surface area (Å²) in [6.45, 7) is 0.613. The third-order valence-electron chi connectivity index (χ3n) is 1.44. The lowest BCUT2D eigenvalue weighted by molar-refractivity contribution is 0.561. The summed E-state index contributed by atoms with van der Waals surface area (Å²) >= 11 is 1.48. The average Bonchev–Trinajstić information content (AvgIpc) is 2.59. The van der Waals surface area contributed by atoms with Crippen LogP contribution in [0.2, 0.25) is 0 Å². The number of aliphatic imine (C=N–C) groups is 2. The highest BCUT2D eigenvalue weighted by molar-refractivity contribution is 7.10. The highest BCUT2D eigenvalue weighted by Gasteiger charge is 2.01. The molecular weight excluding hydrogens is 188 g/mol. The second kappa shape index (κ2) is 5.17. The maximum absolute atomic E-state index is 9.85. The number of hydrogen-bond donors (Lipinski definition) is 0. The first-order valence-electron chi connectivity index (χ1n) is 3.51. The molecule has 0 aliphatic rings. The van der Waals surface area contributed by atoms with Crippen molar-refractivity contribution < 1.29 is 9.59 Å². The minimum atomic E-state index is 0.302. The van der Waals surface area contributed by atoms with E-state index in [2.05, 4.69) is 9.98 Å². The van der Waals surface area contributed by atoms with E-state index in [1.54, 1.807) is 0 Å². The number of nitrogens with zero attached hydrogens (tertiary/aromatic N) is 2. The van der Waals surface area contributed by atoms with Crippen LogP contribution in [-0.2, 0) is 22.7 Å². The second-order valence-corrected chi connectivity index (χ2v) is 3.18. The molecule has 5 heteroatoms. The molecule has 0 amide bonds. The molecule has 0 aliphatic heterocycles. The van der Waals surface area contributed by atoms with E-state index in [0.29, 0.717) is 13.1 Å². The van der Waals surface area contributed by atoms with Crippen LogP contribution in [0.3, 0.4) is 0 Å². The van der Waals surface area contributed by atoms with Gasteiger partial charge in [-0.3, -0.25) is 0 Å². The molecule has 66 valence electrons. The van der Waals surface area contributed by atoms with Gasteiger partial charge in [0.15, 0.2) is 0 Å². The molecule has 0 bridgehead atoms. The molecule has 0 unspecified atom stereocenters. The third-order valence-corrected chi connectivity index (χ3v) is 2.39. The zero-order valence-corrected chi connectivity index (χ0v) is 7.50. The molecular formula is C8H6N2O2S. The van der Waals surface area contributed by atoms with Gasteiger partial charge in [-0.1, -0.05) is 0 Å². The number of isocyanates is 2. The van der Waals surface area contributed by atoms with Crippen LogP contribution in [0.5, 0.6) is 0 Å². The van der Waals surface area contributed by atoms with Gasteiger partial charge >= 0.3 is 0 Å². The Kier molecular flexibility index (Phi) is 3.79. The van der Waals surface area contributed by atoms with Crippen molar-refractivity contribution in [2.45, 2.75) is 13.1 Å². The van der Waals surface area contributed by atoms with Crippen LogP contribution in [-0.4, -0.2) is 12.2 Å². The van der Waals surface area contributed by atoms with Gasteiger partial charge in [0.2, 0.25) is 12.2 Å². The maximum atomic E-state index is 9.85. The van der Waals surface area contributed by atoms with Gasteiger partial charge < -0.3 is 0 Å². The Morgan fingerprint density at radius 2 is 1.92 bits per heavy atom. The summed E-state index contributed by atoms with van der Waals surface area (Å²) in [5, 5.41) is 1.87. The van der Waals surface area contributed by atoms with E-state index >= 15 is 0 Å². The first-order valence-corrected chi connectivity index (χ1v) is 4.39. The molecule has 1 aromatic rings. The highest BCUT2D eigenvalue weighted by atomic mass is 32.1. The Morgan fingerprint density at radius 3 is 2.62 bits per heavy atom. The lowest BCUT2D eigenvalue weighted by atomic mass is 10.2. The lowest BCUT2D eigenvalue weighted by Gasteiger charge is -1.93. The first-order chi connectivity index (χ1) is 6.38. The van der Waals surface area contributed by atoms with E-state index in [-0.39, 0.29) is 0 Å². The number of carbonyl (C=O) groups excluding carboxylic acids is 2. The SMILES string of the molecule is O=C=NCc1ccsc1CN=C=O. The Labute approximate surface area is 78.6 Å². The molecule has 0 aliphatic carbocycles. The average molecular weight is 194 g/mol. The highest BCUT2D eigenvalue weighted by Crippen LogP contribution is 2.18. The molecule has 13 heavy (non-hydrogen) atoms. The van der Waals surface area contributed by atoms with Crippen LogP contribution in [0.25, 0.3) is 0 Å². The van der Waals surface area contributed by atoms with E-state index in [4.69, 9.17) is 0 Å². The van der Waals surface area contributed by atoms with Crippen molar-refractivity contribution in [3.63, 3.8) is 0 Å². The van der Waals surface area contributed by atoms with E-state index in [1.165, 1.54) is 23.5 Å². The van der Waals surface area contributed by atoms with Crippen LogP contribution < -0.4 is 0 Å². The molecule has 0 atom stereocenters. The van der Waals surface area contributed by atoms with Crippen LogP contribution in [0.1, 0.15) is 10.4 Å². The topological polar surface area (TPSA) is 58.9 Å². The number of rotatable bonds is 4. The normalized spacial score (nSPS) is 8.62. The Balaban J connectivity index is 2.75. The number of hydrogen-bond acceptors (Lipinski definition) is 5. The van der Waals surface area contributed by atoms with Gasteiger partial charge in [-0.05, 0) is 17.0 Å². The summed E-state index contributed by atoms with van der Waals surface area (Å²) in [5.74, 6) is 0. The molecule has 1 aromatic heterocycles. The maximum Gasteiger partial charge on any atom is 0.235 e. The molecule has 0 radical (unpaired) electrons. The quantitative estimate of drug-likeness (QED) is 0.537. The Bertz CT molecular complexity index is 339. The van der Waals surface area contributed by atoms with Crippen molar-refractivity contribution in [3.05, 3.63) is 21.9 Å². The number of thiophene rings is 1. The van der Waals surface area contributed by atoms with E-state index in [0.717, 1.165) is 10.4 Å². The molecule has 0 spiro atoms. The van der Waals surface area contributed by atoms with Gasteiger partial charge in [0.1, 0.15) is 0 Å². The minimum Gasteiger partial charge on any atom is -0.211 e. The molecule has 1 heterocycles. The molecule has 0 N–H and O–H groups in total. The van der Waals surface area contributed by atoms with Gasteiger partial charge in [0.25, 0.3) is 0 Å². The Morgan fingerprint density at radius 1 is 1.23 bits per heavy atom. The van der Waals surface area contributed by atoms with Crippen molar-refractivity contribution in [3.8, 4) is 0 Å². The van der Waals surface area contributed by atoms with Crippen molar-refractivity contribution >= 4 is 23.5 Å². The standard InChI is InChI=1S/C8H6N2O2S/c11-5-9-3-7-1-2-13-8(7)4-10-6-12/h1-2H,3-4H2. The van der Waals surface area contributed by atoms with Crippen molar-refractivity contribution in [1.29, 1.82) is 0 Å². The summed E-state index contributed by atoms with van der Waals surface area (Å²) in [5.41, 5.74) is 0.910. The zero-order valence-electron chi connectivity index (χ0n) is 6.69. The molecule has 0 saturated carbocycles. The van der Waals surface area contributed by atoms with Crippen molar-refractivity contribution in [1.82, 2.24) is 0 Å². The van der Waals surface area contributed by atoms with Crippen LogP contribution in [0.4, 0.5) is 0 Å². The molecule has 4 nitrogen and oxygen atoms in total. The van der Waals surface area contributed by atoms with Crippen LogP contribution >= 0.6 is 11.3 Å². The van der Waals surface area contributed by atoms with Gasteiger partial charge in [-0.2, -0.15) is 0 Å². The predicted octanol–water partition coefficient (Wildman–Crippen LogP) is 1.42. The first kappa shape index (κ1) is 9.55. The third kappa shape index (κ3) is 2.76. The summed E-state index contributed by atoms with van der Waals surface area (Å²) in [4.78, 5) is 27.5. The lowest BCUT2D eigenvalue weighted by Crippen LogP contribution is -1.84. The molecule has 1 rings (SSSR count). The molecule has 0 saturated heterocycles. The summed E-state index contributed by atoms with van der Waals surface area (Å²) < 4.78 is 0. The van der Waals surface area contributed by atoms with Gasteiger partial charge in [0.05, 0.1) is 13.1 Å². The van der Waals surface area contributed by atoms with Crippen LogP contribution in [0, 0.1) is 0 Å². The summed E-state index contributed by atoms with van der Waals surface area (Å²) in [7, 11) is 0. The fraction of sp³-hybridized carbons (Fsp3) is 0.250. The van der Waals surface area contributed by atoms with E-state index in [1.807, 2.05) is 11.4 Å². The van der Waals surface area contributed by atoms with Gasteiger partial charge in [-0.25, -0.2) is 19.6 Å². The molecule has 0 aromatic carbocycles. The molecule has 0 fully saturated rings. The minimum absolute atomic E-state index is 0.302. The van der Waals surface area contributed by atoms with Gasteiger partial charge in [0, 0.05) is 4.88 Å². The fourth-order valence-electron chi connectivity index (χ4n) is 0.868. The largest absolute Gasteiger partial charge is 0.235 e. The summed E-state index contributed by atoms with van der Waals surface area (Å²) in [6.07, 6.45) is 2.92.